The molecule has 2 heterocycles. The average molecular weight is 417 g/mol. The number of halogens is 3. The fraction of sp³-hybridized carbons (Fsp3) is 0.250. The maximum Gasteiger partial charge on any atom is 0.573 e. The van der Waals surface area contributed by atoms with Gasteiger partial charge in [-0.25, -0.2) is 8.42 Å². The molecule has 1 amide bonds. The molecule has 2 aromatic rings. The van der Waals surface area contributed by atoms with Crippen molar-refractivity contribution in [2.45, 2.75) is 17.4 Å². The summed E-state index contributed by atoms with van der Waals surface area (Å²) in [6.07, 6.45) is -3.97. The highest BCUT2D eigenvalue weighted by Crippen LogP contribution is 2.28. The van der Waals surface area contributed by atoms with Crippen molar-refractivity contribution >= 4 is 15.9 Å². The fourth-order valence-electron chi connectivity index (χ4n) is 2.45. The molecule has 1 aliphatic rings. The van der Waals surface area contributed by atoms with Gasteiger partial charge in [-0.05, 0) is 30.3 Å². The average Bonchev–Trinajstić information content (AvgIpc) is 2.57. The number of amides is 1. The van der Waals surface area contributed by atoms with E-state index in [2.05, 4.69) is 9.72 Å². The molecular weight excluding hydrogens is 403 g/mol. The Kier molecular flexibility index (Phi) is 5.17. The van der Waals surface area contributed by atoms with Crippen LogP contribution in [0.2, 0.25) is 0 Å². The van der Waals surface area contributed by atoms with Crippen LogP contribution in [0.5, 0.6) is 11.5 Å². The van der Waals surface area contributed by atoms with Gasteiger partial charge in [-0.2, -0.15) is 4.31 Å². The van der Waals surface area contributed by atoms with E-state index in [1.54, 1.807) is 0 Å². The largest absolute Gasteiger partial charge is 0.573 e. The molecule has 0 saturated carbocycles. The first kappa shape index (κ1) is 19.9. The van der Waals surface area contributed by atoms with Crippen LogP contribution in [0, 0.1) is 0 Å². The van der Waals surface area contributed by atoms with Gasteiger partial charge in [-0.15, -0.1) is 13.2 Å². The van der Waals surface area contributed by atoms with Crippen molar-refractivity contribution in [3.8, 4) is 11.5 Å². The van der Waals surface area contributed by atoms with Crippen LogP contribution in [0.15, 0.2) is 47.5 Å². The molecule has 0 radical (unpaired) electrons. The molecule has 1 saturated heterocycles. The number of aromatic nitrogens is 1. The van der Waals surface area contributed by atoms with Gasteiger partial charge < -0.3 is 15.2 Å². The van der Waals surface area contributed by atoms with E-state index >= 15 is 0 Å². The van der Waals surface area contributed by atoms with E-state index in [-0.39, 0.29) is 23.7 Å². The van der Waals surface area contributed by atoms with Gasteiger partial charge in [0.1, 0.15) is 23.3 Å². The number of carbonyl (C=O) groups is 1. The first-order valence-electron chi connectivity index (χ1n) is 7.83. The number of pyridine rings is 1. The van der Waals surface area contributed by atoms with Crippen LogP contribution in [0.3, 0.4) is 0 Å². The number of ether oxygens (including phenoxy) is 2. The highest BCUT2D eigenvalue weighted by atomic mass is 32.2. The lowest BCUT2D eigenvalue weighted by Crippen LogP contribution is -2.55. The maximum absolute atomic E-state index is 12.5. The predicted molar refractivity (Wildman–Crippen MR) is 89.1 cm³/mol. The summed E-state index contributed by atoms with van der Waals surface area (Å²) >= 11 is 0. The van der Waals surface area contributed by atoms with E-state index in [1.807, 2.05) is 0 Å². The number of nitrogens with two attached hydrogens (primary N) is 1. The van der Waals surface area contributed by atoms with Gasteiger partial charge in [0.25, 0.3) is 5.91 Å². The summed E-state index contributed by atoms with van der Waals surface area (Å²) in [5, 5.41) is 0. The van der Waals surface area contributed by atoms with Crippen LogP contribution in [-0.2, 0) is 10.0 Å². The molecule has 1 aromatic carbocycles. The van der Waals surface area contributed by atoms with Crippen molar-refractivity contribution in [1.82, 2.24) is 9.29 Å². The van der Waals surface area contributed by atoms with Crippen LogP contribution in [0.4, 0.5) is 13.2 Å². The van der Waals surface area contributed by atoms with Crippen molar-refractivity contribution in [2.75, 3.05) is 13.1 Å². The van der Waals surface area contributed by atoms with E-state index in [1.165, 1.54) is 18.3 Å². The summed E-state index contributed by atoms with van der Waals surface area (Å²) in [6.45, 7) is 0.0781. The molecule has 0 unspecified atom stereocenters. The number of primary amides is 1. The lowest BCUT2D eigenvalue weighted by atomic mass is 10.2. The number of benzene rings is 1. The molecule has 1 fully saturated rings. The Balaban J connectivity index is 1.61. The lowest BCUT2D eigenvalue weighted by molar-refractivity contribution is -0.274. The molecule has 0 atom stereocenters. The van der Waals surface area contributed by atoms with Gasteiger partial charge in [0.15, 0.2) is 0 Å². The number of rotatable bonds is 6. The van der Waals surface area contributed by atoms with E-state index in [4.69, 9.17) is 10.5 Å². The Morgan fingerprint density at radius 2 is 1.79 bits per heavy atom. The van der Waals surface area contributed by atoms with Crippen molar-refractivity contribution < 1.29 is 35.9 Å². The third-order valence-electron chi connectivity index (χ3n) is 3.80. The van der Waals surface area contributed by atoms with Gasteiger partial charge >= 0.3 is 6.36 Å². The molecule has 8 nitrogen and oxygen atoms in total. The third kappa shape index (κ3) is 4.51. The Morgan fingerprint density at radius 1 is 1.14 bits per heavy atom. The van der Waals surface area contributed by atoms with Crippen LogP contribution in [0.25, 0.3) is 0 Å². The SMILES string of the molecule is NC(=O)c1cc(OC2CN(S(=O)(=O)c3ccc(OC(F)(F)F)cc3)C2)ccn1. The zero-order valence-electron chi connectivity index (χ0n) is 14.1. The summed E-state index contributed by atoms with van der Waals surface area (Å²) < 4.78 is 71.9. The molecule has 3 rings (SSSR count). The second-order valence-corrected chi connectivity index (χ2v) is 7.76. The van der Waals surface area contributed by atoms with Crippen molar-refractivity contribution in [1.29, 1.82) is 0 Å². The molecule has 12 heteroatoms. The molecule has 0 bridgehead atoms. The molecule has 0 spiro atoms. The molecule has 2 N–H and O–H groups in total. The number of carbonyl (C=O) groups excluding carboxylic acids is 1. The minimum atomic E-state index is -4.86. The number of hydrogen-bond acceptors (Lipinski definition) is 6. The standard InChI is InChI=1S/C16H14F3N3O5S/c17-16(18,19)27-10-1-3-13(4-2-10)28(24,25)22-8-12(9-22)26-11-5-6-21-14(7-11)15(20)23/h1-7,12H,8-9H2,(H2,20,23). The van der Waals surface area contributed by atoms with Gasteiger partial charge in [0, 0.05) is 12.3 Å². The van der Waals surface area contributed by atoms with E-state index in [0.717, 1.165) is 28.6 Å². The summed E-state index contributed by atoms with van der Waals surface area (Å²) in [6, 6.07) is 6.77. The van der Waals surface area contributed by atoms with E-state index < -0.39 is 34.1 Å². The summed E-state index contributed by atoms with van der Waals surface area (Å²) in [5.74, 6) is -0.917. The summed E-state index contributed by atoms with van der Waals surface area (Å²) in [5.41, 5.74) is 5.15. The number of alkyl halides is 3. The summed E-state index contributed by atoms with van der Waals surface area (Å²) in [4.78, 5) is 14.7. The number of hydrogen-bond donors (Lipinski definition) is 1. The zero-order valence-corrected chi connectivity index (χ0v) is 14.9. The van der Waals surface area contributed by atoms with Crippen LogP contribution >= 0.6 is 0 Å². The number of nitrogens with zero attached hydrogens (tertiary/aromatic N) is 2. The molecule has 0 aliphatic carbocycles. The quantitative estimate of drug-likeness (QED) is 0.763. The Morgan fingerprint density at radius 3 is 2.36 bits per heavy atom. The summed E-state index contributed by atoms with van der Waals surface area (Å²) in [7, 11) is -3.88. The normalized spacial score (nSPS) is 15.7. The van der Waals surface area contributed by atoms with E-state index in [0.29, 0.717) is 5.75 Å². The second kappa shape index (κ2) is 7.28. The van der Waals surface area contributed by atoms with Crippen LogP contribution in [-0.4, -0.2) is 49.2 Å². The smallest absolute Gasteiger partial charge is 0.488 e. The zero-order chi connectivity index (χ0) is 20.5. The van der Waals surface area contributed by atoms with Crippen molar-refractivity contribution in [2.24, 2.45) is 5.73 Å². The monoisotopic (exact) mass is 417 g/mol. The minimum Gasteiger partial charge on any atom is -0.488 e. The minimum absolute atomic E-state index is 0.0162. The van der Waals surface area contributed by atoms with Crippen LogP contribution in [0.1, 0.15) is 10.5 Å². The van der Waals surface area contributed by atoms with Crippen molar-refractivity contribution in [3.63, 3.8) is 0 Å². The highest BCUT2D eigenvalue weighted by molar-refractivity contribution is 7.89. The lowest BCUT2D eigenvalue weighted by Gasteiger charge is -2.37. The molecular formula is C16H14F3N3O5S. The van der Waals surface area contributed by atoms with Gasteiger partial charge in [-0.1, -0.05) is 0 Å². The predicted octanol–water partition coefficient (Wildman–Crippen LogP) is 1.53. The second-order valence-electron chi connectivity index (χ2n) is 5.82. The Labute approximate surface area is 157 Å². The first-order valence-corrected chi connectivity index (χ1v) is 9.27. The maximum atomic E-state index is 12.5. The van der Waals surface area contributed by atoms with Crippen molar-refractivity contribution in [3.05, 3.63) is 48.3 Å². The highest BCUT2D eigenvalue weighted by Gasteiger charge is 2.38. The molecule has 1 aromatic heterocycles. The van der Waals surface area contributed by atoms with Crippen LogP contribution < -0.4 is 15.2 Å². The van der Waals surface area contributed by atoms with E-state index in [9.17, 15) is 26.4 Å². The Bertz CT molecular complexity index is 974. The van der Waals surface area contributed by atoms with Gasteiger partial charge in [0.2, 0.25) is 10.0 Å². The Hall–Kier alpha value is -2.86. The first-order chi connectivity index (χ1) is 13.0. The third-order valence-corrected chi connectivity index (χ3v) is 5.64. The van der Waals surface area contributed by atoms with Gasteiger partial charge in [-0.3, -0.25) is 9.78 Å². The molecule has 150 valence electrons. The fourth-order valence-corrected chi connectivity index (χ4v) is 3.95. The van der Waals surface area contributed by atoms with Gasteiger partial charge in [0.05, 0.1) is 18.0 Å². The topological polar surface area (TPSA) is 112 Å². The number of sulfonamides is 1. The molecule has 1 aliphatic heterocycles. The molecule has 28 heavy (non-hydrogen) atoms.